The van der Waals surface area contributed by atoms with Gasteiger partial charge in [-0.3, -0.25) is 29.4 Å². The number of benzene rings is 3. The highest BCUT2D eigenvalue weighted by atomic mass is 35.5. The fourth-order valence-corrected chi connectivity index (χ4v) is 11.0. The van der Waals surface area contributed by atoms with Crippen molar-refractivity contribution < 1.29 is 19.2 Å². The summed E-state index contributed by atoms with van der Waals surface area (Å²) in [6.45, 7) is 20.1. The summed E-state index contributed by atoms with van der Waals surface area (Å²) in [6, 6.07) is 18.5. The molecule has 12 nitrogen and oxygen atoms in total. The molecule has 5 saturated heterocycles. The molecule has 1 unspecified atom stereocenters. The Bertz CT molecular complexity index is 2200. The van der Waals surface area contributed by atoms with Crippen LogP contribution < -0.4 is 20.0 Å². The molecule has 59 heavy (non-hydrogen) atoms. The second-order valence-corrected chi connectivity index (χ2v) is 18.0. The summed E-state index contributed by atoms with van der Waals surface area (Å²) in [4.78, 5) is 68.2. The van der Waals surface area contributed by atoms with Gasteiger partial charge >= 0.3 is 0 Å². The van der Waals surface area contributed by atoms with Crippen LogP contribution in [0.5, 0.6) is 0 Å². The highest BCUT2D eigenvalue weighted by molar-refractivity contribution is 6.34. The first kappa shape index (κ1) is 39.3. The van der Waals surface area contributed by atoms with Gasteiger partial charge in [-0.2, -0.15) is 0 Å². The van der Waals surface area contributed by atoms with E-state index in [0.717, 1.165) is 119 Å². The zero-order chi connectivity index (χ0) is 41.0. The van der Waals surface area contributed by atoms with Gasteiger partial charge in [-0.15, -0.1) is 0 Å². The summed E-state index contributed by atoms with van der Waals surface area (Å²) in [5.41, 5.74) is 7.44. The number of anilines is 3. The molecule has 6 aliphatic rings. The maximum absolute atomic E-state index is 13.6. The molecule has 0 aromatic heterocycles. The van der Waals surface area contributed by atoms with Gasteiger partial charge in [-0.25, -0.2) is 4.85 Å². The Kier molecular flexibility index (Phi) is 10.5. The number of hydrogen-bond donors (Lipinski definition) is 1. The van der Waals surface area contributed by atoms with Crippen molar-refractivity contribution in [2.24, 2.45) is 5.41 Å². The zero-order valence-corrected chi connectivity index (χ0v) is 34.8. The van der Waals surface area contributed by atoms with Crippen molar-refractivity contribution >= 4 is 58.0 Å². The molecule has 13 heteroatoms. The Morgan fingerprint density at radius 3 is 2.24 bits per heavy atom. The number of halogens is 1. The van der Waals surface area contributed by atoms with Crippen molar-refractivity contribution in [1.29, 1.82) is 0 Å². The molecule has 1 spiro atoms. The second-order valence-electron chi connectivity index (χ2n) is 17.7. The highest BCUT2D eigenvalue weighted by Gasteiger charge is 2.45. The van der Waals surface area contributed by atoms with Crippen LogP contribution in [0, 0.1) is 18.9 Å². The van der Waals surface area contributed by atoms with Gasteiger partial charge in [0.05, 0.1) is 11.6 Å². The summed E-state index contributed by atoms with van der Waals surface area (Å²) < 4.78 is 0. The number of piperidine rings is 3. The third-order valence-electron chi connectivity index (χ3n) is 14.3. The van der Waals surface area contributed by atoms with Crippen molar-refractivity contribution in [2.75, 3.05) is 73.6 Å². The van der Waals surface area contributed by atoms with Gasteiger partial charge in [0.25, 0.3) is 11.8 Å². The highest BCUT2D eigenvalue weighted by Crippen LogP contribution is 2.47. The van der Waals surface area contributed by atoms with Crippen LogP contribution in [0.3, 0.4) is 0 Å². The van der Waals surface area contributed by atoms with Crippen LogP contribution in [-0.2, 0) is 16.1 Å². The Morgan fingerprint density at radius 1 is 0.847 bits per heavy atom. The fraction of sp³-hybridized carbons (Fsp3) is 0.500. The average Bonchev–Trinajstić information content (AvgIpc) is 3.76. The van der Waals surface area contributed by atoms with Crippen LogP contribution in [0.4, 0.5) is 22.7 Å². The van der Waals surface area contributed by atoms with E-state index in [1.54, 1.807) is 4.90 Å². The standard InChI is InChI=1S/C46H53ClN8O4/c1-30-27-46(29-55(30)39-11-10-38(48-3)42(47)31(39)2)16-20-51(21-17-46)34-7-4-32(5-8-34)44(58)53-24-22-52(23-25-53)35-14-18-50(19-15-35)36-9-6-33-28-54(45(59)37(33)26-36)40-12-13-41(56)49-43(40)57/h4-11,26,30,35,40H,12-25,27-29H2,1-2H3,(H,49,56,57)/t30-,40?/m0/s1. The van der Waals surface area contributed by atoms with Gasteiger partial charge in [0.1, 0.15) is 6.04 Å². The molecule has 6 heterocycles. The molecule has 0 bridgehead atoms. The topological polar surface area (TPSA) is 104 Å². The monoisotopic (exact) mass is 816 g/mol. The van der Waals surface area contributed by atoms with E-state index in [9.17, 15) is 19.2 Å². The molecular weight excluding hydrogens is 764 g/mol. The summed E-state index contributed by atoms with van der Waals surface area (Å²) >= 11 is 6.56. The summed E-state index contributed by atoms with van der Waals surface area (Å²) in [6.07, 6.45) is 6.03. The van der Waals surface area contributed by atoms with Gasteiger partial charge in [0.2, 0.25) is 17.5 Å². The predicted octanol–water partition coefficient (Wildman–Crippen LogP) is 6.27. The van der Waals surface area contributed by atoms with Crippen LogP contribution >= 0.6 is 11.6 Å². The van der Waals surface area contributed by atoms with Crippen LogP contribution in [0.2, 0.25) is 5.02 Å². The van der Waals surface area contributed by atoms with Crippen molar-refractivity contribution in [2.45, 2.75) is 83.5 Å². The van der Waals surface area contributed by atoms with E-state index >= 15 is 0 Å². The second kappa shape index (κ2) is 15.8. The SMILES string of the molecule is [C-]#[N+]c1ccc(N2CC3(CCN(c4ccc(C(=O)N5CCN(C6CCN(c7ccc8c(c7)C(=O)N(C7CCC(=O)NC7=O)C8)CC6)CC5)cc4)CC3)C[C@@H]2C)c(C)c1Cl. The molecule has 5 fully saturated rings. The maximum atomic E-state index is 13.6. The number of imide groups is 1. The van der Waals surface area contributed by atoms with Crippen LogP contribution in [0.15, 0.2) is 54.6 Å². The first-order valence-electron chi connectivity index (χ1n) is 21.3. The normalized spacial score (nSPS) is 23.8. The minimum Gasteiger partial charge on any atom is -0.371 e. The molecule has 1 N–H and O–H groups in total. The van der Waals surface area contributed by atoms with Gasteiger partial charge in [0, 0.05) is 112 Å². The number of nitrogens with one attached hydrogen (secondary N) is 1. The number of piperazine rings is 1. The van der Waals surface area contributed by atoms with E-state index < -0.39 is 6.04 Å². The number of rotatable bonds is 6. The number of fused-ring (bicyclic) bond motifs is 1. The number of carbonyl (C=O) groups is 4. The van der Waals surface area contributed by atoms with E-state index in [-0.39, 0.29) is 35.5 Å². The number of hydrogen-bond acceptors (Lipinski definition) is 8. The van der Waals surface area contributed by atoms with Crippen LogP contribution in [0.1, 0.15) is 83.7 Å². The van der Waals surface area contributed by atoms with Crippen LogP contribution in [-0.4, -0.2) is 115 Å². The van der Waals surface area contributed by atoms with Crippen molar-refractivity contribution in [1.82, 2.24) is 20.0 Å². The molecule has 3 aromatic carbocycles. The van der Waals surface area contributed by atoms with E-state index in [4.69, 9.17) is 18.2 Å². The molecular formula is C46H53ClN8O4. The zero-order valence-electron chi connectivity index (χ0n) is 34.1. The smallest absolute Gasteiger partial charge is 0.255 e. The summed E-state index contributed by atoms with van der Waals surface area (Å²) in [7, 11) is 0. The lowest BCUT2D eigenvalue weighted by Crippen LogP contribution is -2.54. The Balaban J connectivity index is 0.732. The van der Waals surface area contributed by atoms with Crippen molar-refractivity contribution in [3.8, 4) is 0 Å². The number of carbonyl (C=O) groups excluding carboxylic acids is 4. The summed E-state index contributed by atoms with van der Waals surface area (Å²) in [5, 5.41) is 2.94. The first-order chi connectivity index (χ1) is 28.5. The molecule has 0 aliphatic carbocycles. The van der Waals surface area contributed by atoms with Gasteiger partial charge in [-0.05, 0) is 111 Å². The Morgan fingerprint density at radius 2 is 1.54 bits per heavy atom. The number of amides is 4. The van der Waals surface area contributed by atoms with E-state index in [2.05, 4.69) is 61.0 Å². The first-order valence-corrected chi connectivity index (χ1v) is 21.7. The third-order valence-corrected chi connectivity index (χ3v) is 14.8. The minimum atomic E-state index is -0.606. The maximum Gasteiger partial charge on any atom is 0.255 e. The minimum absolute atomic E-state index is 0.103. The quantitative estimate of drug-likeness (QED) is 0.230. The Labute approximate surface area is 351 Å². The van der Waals surface area contributed by atoms with Gasteiger partial charge in [-0.1, -0.05) is 23.7 Å². The number of nitrogens with zero attached hydrogens (tertiary/aromatic N) is 7. The lowest BCUT2D eigenvalue weighted by Gasteiger charge is -2.43. The Hall–Kier alpha value is -5.12. The summed E-state index contributed by atoms with van der Waals surface area (Å²) in [5.74, 6) is -0.702. The van der Waals surface area contributed by atoms with Crippen molar-refractivity contribution in [3.63, 3.8) is 0 Å². The van der Waals surface area contributed by atoms with E-state index in [0.29, 0.717) is 41.3 Å². The molecule has 308 valence electrons. The third kappa shape index (κ3) is 7.41. The fourth-order valence-electron chi connectivity index (χ4n) is 10.8. The molecule has 0 saturated carbocycles. The largest absolute Gasteiger partial charge is 0.371 e. The lowest BCUT2D eigenvalue weighted by molar-refractivity contribution is -0.136. The molecule has 2 atom stereocenters. The molecule has 4 amide bonds. The molecule has 6 aliphatic heterocycles. The molecule has 0 radical (unpaired) electrons. The van der Waals surface area contributed by atoms with Gasteiger partial charge in [0.15, 0.2) is 0 Å². The predicted molar refractivity (Wildman–Crippen MR) is 229 cm³/mol. The van der Waals surface area contributed by atoms with Gasteiger partial charge < -0.3 is 24.5 Å². The van der Waals surface area contributed by atoms with Crippen molar-refractivity contribution in [3.05, 3.63) is 93.3 Å². The lowest BCUT2D eigenvalue weighted by atomic mass is 9.76. The van der Waals surface area contributed by atoms with E-state index in [1.807, 2.05) is 42.2 Å². The molecule has 9 rings (SSSR count). The van der Waals surface area contributed by atoms with Crippen LogP contribution in [0.25, 0.3) is 4.85 Å². The molecule has 3 aromatic rings. The van der Waals surface area contributed by atoms with E-state index in [1.165, 1.54) is 5.69 Å². The average molecular weight is 817 g/mol.